The number of ketones is 1. The number of Topliss-reactive ketones (excluding diaryl/α,β-unsaturated/α-hetero) is 1. The number of rotatable bonds is 7. The molecule has 0 radical (unpaired) electrons. The molecule has 0 saturated carbocycles. The third kappa shape index (κ3) is 4.66. The van der Waals surface area contributed by atoms with E-state index in [4.69, 9.17) is 11.6 Å². The SMILES string of the molecule is Cc1nc(C)c(C(=O)C2=C(O)C(=O)N(c3nnc(SCc4ccc(Cl)cc4)s3)C2c2cccnc2)s1. The predicted molar refractivity (Wildman–Crippen MR) is 141 cm³/mol. The minimum atomic E-state index is -0.900. The lowest BCUT2D eigenvalue weighted by Crippen LogP contribution is -2.31. The van der Waals surface area contributed by atoms with E-state index >= 15 is 0 Å². The van der Waals surface area contributed by atoms with E-state index in [1.165, 1.54) is 39.3 Å². The average molecular weight is 556 g/mol. The van der Waals surface area contributed by atoms with Gasteiger partial charge in [0.25, 0.3) is 5.91 Å². The molecule has 1 aromatic carbocycles. The van der Waals surface area contributed by atoms with Gasteiger partial charge in [-0.3, -0.25) is 19.5 Å². The molecule has 1 aliphatic heterocycles. The van der Waals surface area contributed by atoms with Crippen molar-refractivity contribution in [2.45, 2.75) is 30.0 Å². The van der Waals surface area contributed by atoms with Crippen LogP contribution in [-0.2, 0) is 10.5 Å². The van der Waals surface area contributed by atoms with Crippen LogP contribution in [0.1, 0.15) is 37.5 Å². The van der Waals surface area contributed by atoms with Crippen molar-refractivity contribution in [3.8, 4) is 0 Å². The summed E-state index contributed by atoms with van der Waals surface area (Å²) < 4.78 is 0.644. The fraction of sp³-hybridized carbons (Fsp3) is 0.167. The van der Waals surface area contributed by atoms with Crippen LogP contribution in [0.3, 0.4) is 0 Å². The first-order chi connectivity index (χ1) is 17.3. The molecule has 3 aromatic heterocycles. The number of aliphatic hydroxyl groups is 1. The molecule has 12 heteroatoms. The molecule has 182 valence electrons. The highest BCUT2D eigenvalue weighted by Gasteiger charge is 2.46. The number of pyridine rings is 1. The van der Waals surface area contributed by atoms with E-state index < -0.39 is 23.5 Å². The number of nitrogens with zero attached hydrogens (tertiary/aromatic N) is 5. The summed E-state index contributed by atoms with van der Waals surface area (Å²) in [6.45, 7) is 3.54. The van der Waals surface area contributed by atoms with Gasteiger partial charge in [-0.25, -0.2) is 4.98 Å². The number of aryl methyl sites for hydroxylation is 2. The van der Waals surface area contributed by atoms with Crippen LogP contribution in [0.2, 0.25) is 5.02 Å². The van der Waals surface area contributed by atoms with Crippen molar-refractivity contribution in [1.29, 1.82) is 0 Å². The van der Waals surface area contributed by atoms with Crippen LogP contribution in [-0.4, -0.2) is 37.0 Å². The molecule has 0 aliphatic carbocycles. The van der Waals surface area contributed by atoms with Crippen LogP contribution < -0.4 is 4.90 Å². The van der Waals surface area contributed by atoms with Gasteiger partial charge < -0.3 is 5.11 Å². The van der Waals surface area contributed by atoms with Crippen molar-refractivity contribution in [3.63, 3.8) is 0 Å². The quantitative estimate of drug-likeness (QED) is 0.175. The van der Waals surface area contributed by atoms with Crippen molar-refractivity contribution >= 4 is 62.9 Å². The topological polar surface area (TPSA) is 109 Å². The molecule has 36 heavy (non-hydrogen) atoms. The van der Waals surface area contributed by atoms with E-state index in [1.54, 1.807) is 38.4 Å². The second kappa shape index (κ2) is 10.1. The Hall–Kier alpha value is -3.12. The molecule has 0 saturated heterocycles. The molecule has 1 atom stereocenters. The third-order valence-electron chi connectivity index (χ3n) is 5.44. The lowest BCUT2D eigenvalue weighted by Gasteiger charge is -2.23. The molecule has 1 aliphatic rings. The molecule has 5 rings (SSSR count). The second-order valence-electron chi connectivity index (χ2n) is 7.87. The number of aromatic nitrogens is 4. The number of amides is 1. The van der Waals surface area contributed by atoms with Crippen molar-refractivity contribution in [2.24, 2.45) is 0 Å². The summed E-state index contributed by atoms with van der Waals surface area (Å²) in [5.41, 5.74) is 2.16. The first-order valence-electron chi connectivity index (χ1n) is 10.7. The van der Waals surface area contributed by atoms with Crippen LogP contribution in [0.15, 0.2) is 64.5 Å². The summed E-state index contributed by atoms with van der Waals surface area (Å²) >= 11 is 9.87. The first-order valence-corrected chi connectivity index (χ1v) is 13.7. The Balaban J connectivity index is 1.48. The van der Waals surface area contributed by atoms with Gasteiger partial charge in [0.2, 0.25) is 10.9 Å². The van der Waals surface area contributed by atoms with Crippen LogP contribution >= 0.6 is 46.0 Å². The van der Waals surface area contributed by atoms with Crippen LogP contribution in [0.5, 0.6) is 0 Å². The molecule has 1 amide bonds. The maximum absolute atomic E-state index is 13.6. The molecule has 8 nitrogen and oxygen atoms in total. The van der Waals surface area contributed by atoms with Crippen LogP contribution in [0.25, 0.3) is 0 Å². The van der Waals surface area contributed by atoms with Gasteiger partial charge >= 0.3 is 0 Å². The Kier molecular flexibility index (Phi) is 6.89. The summed E-state index contributed by atoms with van der Waals surface area (Å²) in [6, 6.07) is 10.1. The third-order valence-corrected chi connectivity index (χ3v) is 8.89. The molecule has 0 spiro atoms. The normalized spacial score (nSPS) is 15.7. The van der Waals surface area contributed by atoms with E-state index in [0.717, 1.165) is 10.6 Å². The van der Waals surface area contributed by atoms with Gasteiger partial charge in [-0.1, -0.05) is 52.9 Å². The molecular weight excluding hydrogens is 538 g/mol. The fourth-order valence-electron chi connectivity index (χ4n) is 3.84. The highest BCUT2D eigenvalue weighted by Crippen LogP contribution is 2.44. The Labute approximate surface area is 223 Å². The van der Waals surface area contributed by atoms with Gasteiger partial charge in [0.15, 0.2) is 10.1 Å². The van der Waals surface area contributed by atoms with E-state index in [2.05, 4.69) is 20.2 Å². The van der Waals surface area contributed by atoms with Crippen LogP contribution in [0, 0.1) is 13.8 Å². The largest absolute Gasteiger partial charge is 0.503 e. The number of thiazole rings is 1. The predicted octanol–water partition coefficient (Wildman–Crippen LogP) is 5.74. The lowest BCUT2D eigenvalue weighted by atomic mass is 9.96. The summed E-state index contributed by atoms with van der Waals surface area (Å²) in [5, 5.41) is 21.0. The van der Waals surface area contributed by atoms with Crippen molar-refractivity contribution < 1.29 is 14.7 Å². The van der Waals surface area contributed by atoms with Gasteiger partial charge in [0, 0.05) is 23.2 Å². The van der Waals surface area contributed by atoms with Crippen molar-refractivity contribution in [3.05, 3.63) is 91.9 Å². The average Bonchev–Trinajstić information content (AvgIpc) is 3.55. The van der Waals surface area contributed by atoms with Crippen molar-refractivity contribution in [2.75, 3.05) is 4.90 Å². The number of benzene rings is 1. The van der Waals surface area contributed by atoms with Crippen molar-refractivity contribution in [1.82, 2.24) is 20.2 Å². The van der Waals surface area contributed by atoms with Gasteiger partial charge in [0.05, 0.1) is 27.2 Å². The summed E-state index contributed by atoms with van der Waals surface area (Å²) in [7, 11) is 0. The second-order valence-corrected chi connectivity index (χ2v) is 11.7. The number of carbonyl (C=O) groups is 2. The lowest BCUT2D eigenvalue weighted by molar-refractivity contribution is -0.117. The zero-order valence-corrected chi connectivity index (χ0v) is 22.2. The summed E-state index contributed by atoms with van der Waals surface area (Å²) in [4.78, 5) is 37.1. The minimum absolute atomic E-state index is 0.0229. The molecular formula is C24H18ClN5O3S3. The molecule has 1 N–H and O–H groups in total. The maximum atomic E-state index is 13.6. The number of anilines is 1. The molecule has 4 heterocycles. The van der Waals surface area contributed by atoms with E-state index in [0.29, 0.717) is 31.2 Å². The number of hydrogen-bond acceptors (Lipinski definition) is 10. The van der Waals surface area contributed by atoms with Gasteiger partial charge in [-0.2, -0.15) is 0 Å². The van der Waals surface area contributed by atoms with Gasteiger partial charge in [-0.15, -0.1) is 21.5 Å². The summed E-state index contributed by atoms with van der Waals surface area (Å²) in [5.74, 6) is -1.12. The molecule has 0 fully saturated rings. The zero-order chi connectivity index (χ0) is 25.4. The minimum Gasteiger partial charge on any atom is -0.503 e. The molecule has 1 unspecified atom stereocenters. The highest BCUT2D eigenvalue weighted by atomic mass is 35.5. The van der Waals surface area contributed by atoms with Gasteiger partial charge in [0.1, 0.15) is 0 Å². The number of halogens is 1. The Morgan fingerprint density at radius 3 is 2.61 bits per heavy atom. The number of hydrogen-bond donors (Lipinski definition) is 1. The van der Waals surface area contributed by atoms with Crippen LogP contribution in [0.4, 0.5) is 5.13 Å². The first kappa shape index (κ1) is 24.6. The number of thioether (sulfide) groups is 1. The molecule has 4 aromatic rings. The number of aliphatic hydroxyl groups excluding tert-OH is 1. The Bertz CT molecular complexity index is 1480. The van der Waals surface area contributed by atoms with E-state index in [-0.39, 0.29) is 10.7 Å². The summed E-state index contributed by atoms with van der Waals surface area (Å²) in [6.07, 6.45) is 3.17. The standard InChI is InChI=1S/C24H18ClN5O3S3/c1-12-21(35-13(2)27-12)19(31)17-18(15-4-3-9-26-10-15)30(22(33)20(17)32)23-28-29-24(36-23)34-11-14-5-7-16(25)8-6-14/h3-10,18,32H,11H2,1-2H3. The fourth-order valence-corrected chi connectivity index (χ4v) is 6.66. The number of carbonyl (C=O) groups excluding carboxylic acids is 2. The van der Waals surface area contributed by atoms with Gasteiger partial charge in [-0.05, 0) is 43.2 Å². The zero-order valence-electron chi connectivity index (χ0n) is 19.0. The highest BCUT2D eigenvalue weighted by molar-refractivity contribution is 8.00. The smallest absolute Gasteiger partial charge is 0.296 e. The Morgan fingerprint density at radius 2 is 1.94 bits per heavy atom. The van der Waals surface area contributed by atoms with E-state index in [1.807, 2.05) is 24.3 Å². The van der Waals surface area contributed by atoms with E-state index in [9.17, 15) is 14.7 Å². The monoisotopic (exact) mass is 555 g/mol. The Morgan fingerprint density at radius 1 is 1.17 bits per heavy atom. The molecule has 0 bridgehead atoms. The maximum Gasteiger partial charge on any atom is 0.296 e.